The van der Waals surface area contributed by atoms with Crippen LogP contribution in [0, 0.1) is 0 Å². The number of nitrogens with one attached hydrogen (secondary N) is 1. The molecule has 20 heavy (non-hydrogen) atoms. The Bertz CT molecular complexity index is 439. The van der Waals surface area contributed by atoms with Gasteiger partial charge in [-0.25, -0.2) is 0 Å². The monoisotopic (exact) mass is 279 g/mol. The Morgan fingerprint density at radius 2 is 2.15 bits per heavy atom. The van der Waals surface area contributed by atoms with Crippen molar-refractivity contribution in [1.82, 2.24) is 5.32 Å². The van der Waals surface area contributed by atoms with E-state index in [0.717, 1.165) is 37.7 Å². The van der Waals surface area contributed by atoms with Crippen LogP contribution in [-0.4, -0.2) is 32.0 Å². The van der Waals surface area contributed by atoms with Gasteiger partial charge >= 0.3 is 0 Å². The van der Waals surface area contributed by atoms with Crippen LogP contribution in [0.25, 0.3) is 0 Å². The fourth-order valence-electron chi connectivity index (χ4n) is 2.30. The van der Waals surface area contributed by atoms with Crippen molar-refractivity contribution in [1.29, 1.82) is 0 Å². The Hall–Kier alpha value is -1.26. The van der Waals surface area contributed by atoms with E-state index in [1.54, 1.807) is 7.11 Å². The third-order valence-electron chi connectivity index (χ3n) is 3.53. The molecule has 0 saturated carbocycles. The third kappa shape index (κ3) is 3.87. The lowest BCUT2D eigenvalue weighted by atomic mass is 10.0. The number of benzene rings is 1. The lowest BCUT2D eigenvalue weighted by Crippen LogP contribution is -2.42. The van der Waals surface area contributed by atoms with Crippen molar-refractivity contribution in [2.45, 2.75) is 45.4 Å². The molecular weight excluding hydrogens is 254 g/mol. The van der Waals surface area contributed by atoms with Crippen molar-refractivity contribution in [3.63, 3.8) is 0 Å². The van der Waals surface area contributed by atoms with Gasteiger partial charge in [0.05, 0.1) is 19.8 Å². The molecule has 1 aromatic carbocycles. The third-order valence-corrected chi connectivity index (χ3v) is 3.53. The number of hydrogen-bond acceptors (Lipinski definition) is 4. The zero-order valence-corrected chi connectivity index (χ0v) is 12.9. The molecule has 1 aliphatic heterocycles. The highest BCUT2D eigenvalue weighted by Crippen LogP contribution is 2.29. The summed E-state index contributed by atoms with van der Waals surface area (Å²) in [5.41, 5.74) is 1.27. The molecule has 1 unspecified atom stereocenters. The quantitative estimate of drug-likeness (QED) is 0.869. The SMILES string of the molecule is COc1cc(CNC2(C)CCOC2)ccc1OC(C)C. The van der Waals surface area contributed by atoms with E-state index in [-0.39, 0.29) is 11.6 Å². The molecule has 1 aromatic rings. The Morgan fingerprint density at radius 1 is 1.35 bits per heavy atom. The first-order valence-corrected chi connectivity index (χ1v) is 7.19. The minimum Gasteiger partial charge on any atom is -0.493 e. The first-order chi connectivity index (χ1) is 9.52. The van der Waals surface area contributed by atoms with E-state index in [2.05, 4.69) is 18.3 Å². The van der Waals surface area contributed by atoms with Crippen molar-refractivity contribution < 1.29 is 14.2 Å². The molecule has 4 nitrogen and oxygen atoms in total. The molecule has 1 N–H and O–H groups in total. The average molecular weight is 279 g/mol. The minimum absolute atomic E-state index is 0.0837. The molecule has 2 rings (SSSR count). The van der Waals surface area contributed by atoms with Gasteiger partial charge in [-0.15, -0.1) is 0 Å². The van der Waals surface area contributed by atoms with E-state index in [9.17, 15) is 0 Å². The lowest BCUT2D eigenvalue weighted by molar-refractivity contribution is 0.171. The summed E-state index contributed by atoms with van der Waals surface area (Å²) in [5.74, 6) is 1.58. The molecule has 0 aromatic heterocycles. The molecule has 4 heteroatoms. The lowest BCUT2D eigenvalue weighted by Gasteiger charge is -2.24. The van der Waals surface area contributed by atoms with Gasteiger partial charge in [-0.3, -0.25) is 0 Å². The van der Waals surface area contributed by atoms with Gasteiger partial charge in [-0.05, 0) is 44.9 Å². The molecule has 0 radical (unpaired) electrons. The maximum atomic E-state index is 5.72. The summed E-state index contributed by atoms with van der Waals surface area (Å²) in [5, 5.41) is 3.56. The molecular formula is C16H25NO3. The summed E-state index contributed by atoms with van der Waals surface area (Å²) in [4.78, 5) is 0. The second-order valence-electron chi connectivity index (χ2n) is 5.87. The first-order valence-electron chi connectivity index (χ1n) is 7.19. The van der Waals surface area contributed by atoms with Crippen LogP contribution in [0.1, 0.15) is 32.8 Å². The van der Waals surface area contributed by atoms with Gasteiger partial charge in [-0.1, -0.05) is 6.07 Å². The number of hydrogen-bond donors (Lipinski definition) is 1. The maximum absolute atomic E-state index is 5.72. The second kappa shape index (κ2) is 6.46. The summed E-state index contributed by atoms with van der Waals surface area (Å²) in [6.45, 7) is 8.64. The van der Waals surface area contributed by atoms with Crippen LogP contribution in [0.3, 0.4) is 0 Å². The molecule has 1 heterocycles. The van der Waals surface area contributed by atoms with Crippen molar-refractivity contribution in [2.24, 2.45) is 0 Å². The van der Waals surface area contributed by atoms with Gasteiger partial charge in [0.1, 0.15) is 0 Å². The fraction of sp³-hybridized carbons (Fsp3) is 0.625. The van der Waals surface area contributed by atoms with Crippen molar-refractivity contribution >= 4 is 0 Å². The highest BCUT2D eigenvalue weighted by molar-refractivity contribution is 5.43. The summed E-state index contributed by atoms with van der Waals surface area (Å²) in [7, 11) is 1.67. The molecule has 112 valence electrons. The standard InChI is InChI=1S/C16H25NO3/c1-12(2)20-14-6-5-13(9-15(14)18-4)10-17-16(3)7-8-19-11-16/h5-6,9,12,17H,7-8,10-11H2,1-4H3. The number of ether oxygens (including phenoxy) is 3. The van der Waals surface area contributed by atoms with Crippen LogP contribution in [0.5, 0.6) is 11.5 Å². The minimum atomic E-state index is 0.0837. The van der Waals surface area contributed by atoms with E-state index < -0.39 is 0 Å². The van der Waals surface area contributed by atoms with Crippen LogP contribution >= 0.6 is 0 Å². The zero-order chi connectivity index (χ0) is 14.6. The van der Waals surface area contributed by atoms with Gasteiger partial charge in [-0.2, -0.15) is 0 Å². The van der Waals surface area contributed by atoms with Crippen LogP contribution in [0.4, 0.5) is 0 Å². The molecule has 0 bridgehead atoms. The summed E-state index contributed by atoms with van der Waals surface area (Å²) >= 11 is 0. The van der Waals surface area contributed by atoms with Crippen LogP contribution in [0.15, 0.2) is 18.2 Å². The smallest absolute Gasteiger partial charge is 0.161 e. The Morgan fingerprint density at radius 3 is 2.75 bits per heavy atom. The predicted molar refractivity (Wildman–Crippen MR) is 79.4 cm³/mol. The van der Waals surface area contributed by atoms with E-state index in [1.807, 2.05) is 26.0 Å². The Kier molecular flexibility index (Phi) is 4.89. The summed E-state index contributed by atoms with van der Waals surface area (Å²) in [6, 6.07) is 6.08. The number of rotatable bonds is 6. The Labute approximate surface area is 121 Å². The van der Waals surface area contributed by atoms with E-state index in [0.29, 0.717) is 0 Å². The highest BCUT2D eigenvalue weighted by atomic mass is 16.5. The Balaban J connectivity index is 2.01. The molecule has 0 spiro atoms. The normalized spacial score (nSPS) is 22.2. The van der Waals surface area contributed by atoms with Crippen LogP contribution in [0.2, 0.25) is 0 Å². The molecule has 0 amide bonds. The second-order valence-corrected chi connectivity index (χ2v) is 5.87. The van der Waals surface area contributed by atoms with Gasteiger partial charge in [0, 0.05) is 18.7 Å². The van der Waals surface area contributed by atoms with Gasteiger partial charge in [0.25, 0.3) is 0 Å². The molecule has 1 atom stereocenters. The van der Waals surface area contributed by atoms with Crippen molar-refractivity contribution in [3.05, 3.63) is 23.8 Å². The van der Waals surface area contributed by atoms with Gasteiger partial charge in [0.2, 0.25) is 0 Å². The zero-order valence-electron chi connectivity index (χ0n) is 12.9. The summed E-state index contributed by atoms with van der Waals surface area (Å²) < 4.78 is 16.6. The number of methoxy groups -OCH3 is 1. The van der Waals surface area contributed by atoms with Crippen molar-refractivity contribution in [2.75, 3.05) is 20.3 Å². The first kappa shape index (κ1) is 15.1. The highest BCUT2D eigenvalue weighted by Gasteiger charge is 2.28. The fourth-order valence-corrected chi connectivity index (χ4v) is 2.30. The summed E-state index contributed by atoms with van der Waals surface area (Å²) in [6.07, 6.45) is 1.20. The van der Waals surface area contributed by atoms with Crippen molar-refractivity contribution in [3.8, 4) is 11.5 Å². The molecule has 1 aliphatic rings. The van der Waals surface area contributed by atoms with Gasteiger partial charge < -0.3 is 19.5 Å². The molecule has 1 saturated heterocycles. The maximum Gasteiger partial charge on any atom is 0.161 e. The van der Waals surface area contributed by atoms with E-state index in [4.69, 9.17) is 14.2 Å². The largest absolute Gasteiger partial charge is 0.493 e. The molecule has 1 fully saturated rings. The predicted octanol–water partition coefficient (Wildman–Crippen LogP) is 2.75. The van der Waals surface area contributed by atoms with E-state index in [1.165, 1.54) is 5.56 Å². The van der Waals surface area contributed by atoms with Crippen LogP contribution < -0.4 is 14.8 Å². The average Bonchev–Trinajstić information content (AvgIpc) is 2.84. The van der Waals surface area contributed by atoms with Crippen LogP contribution in [-0.2, 0) is 11.3 Å². The van der Waals surface area contributed by atoms with E-state index >= 15 is 0 Å². The molecule has 0 aliphatic carbocycles. The van der Waals surface area contributed by atoms with Gasteiger partial charge in [0.15, 0.2) is 11.5 Å². The topological polar surface area (TPSA) is 39.7 Å².